The second-order valence-corrected chi connectivity index (χ2v) is 10.00. The number of hydrogen-bond acceptors (Lipinski definition) is 9. The van der Waals surface area contributed by atoms with Gasteiger partial charge < -0.3 is 19.8 Å². The standard InChI is InChI=1S/C16H23FN5O3P.O2/c1-4-10(2)6-26(3,23)9-24-12-5-11(17)16(25-12)22-8-21-13-14(18)19-7-20-15(13)22;1-2/h5,7-8,10,12,16H,4,6,9H2,1-3H3,(H2,18,19,20);/t10?,12-,16+,26?;/m0./s1. The molecule has 154 valence electrons. The monoisotopic (exact) mass is 415 g/mol. The molecule has 28 heavy (non-hydrogen) atoms. The molecule has 0 fully saturated rings. The van der Waals surface area contributed by atoms with Crippen molar-refractivity contribution in [3.8, 4) is 0 Å². The summed E-state index contributed by atoms with van der Waals surface area (Å²) >= 11 is 0. The molecular weight excluding hydrogens is 392 g/mol. The first kappa shape index (κ1) is 22.1. The van der Waals surface area contributed by atoms with E-state index in [4.69, 9.17) is 25.1 Å². The van der Waals surface area contributed by atoms with Crippen molar-refractivity contribution in [3.63, 3.8) is 0 Å². The van der Waals surface area contributed by atoms with Gasteiger partial charge in [0.15, 0.2) is 29.8 Å². The Bertz CT molecular complexity index is 891. The number of fused-ring (bicyclic) bond motifs is 1. The largest absolute Gasteiger partial charge is 0.382 e. The van der Waals surface area contributed by atoms with Crippen LogP contribution in [0, 0.1) is 15.8 Å². The van der Waals surface area contributed by atoms with Crippen molar-refractivity contribution in [2.45, 2.75) is 32.8 Å². The minimum atomic E-state index is -2.47. The van der Waals surface area contributed by atoms with Gasteiger partial charge in [-0.05, 0) is 12.6 Å². The van der Waals surface area contributed by atoms with Gasteiger partial charge in [-0.25, -0.2) is 19.3 Å². The van der Waals surface area contributed by atoms with Crippen LogP contribution in [0.5, 0.6) is 0 Å². The molecular formula is C16H23FN5O5P. The maximum Gasteiger partial charge on any atom is 0.192 e. The van der Waals surface area contributed by atoms with Crippen molar-refractivity contribution in [2.75, 3.05) is 24.9 Å². The SMILES string of the molecule is CCC(C)CP(C)(=O)CO[C@@H]1C=C(F)[C@H](n2cnc3c(N)ncnc32)O1.O=O. The minimum Gasteiger partial charge on any atom is -0.382 e. The number of aromatic nitrogens is 4. The second kappa shape index (κ2) is 9.31. The molecule has 1 aliphatic heterocycles. The predicted molar refractivity (Wildman–Crippen MR) is 103 cm³/mol. The lowest BCUT2D eigenvalue weighted by Gasteiger charge is -2.20. The first-order valence-corrected chi connectivity index (χ1v) is 11.1. The molecule has 12 heteroatoms. The van der Waals surface area contributed by atoms with E-state index in [1.54, 1.807) is 6.66 Å². The van der Waals surface area contributed by atoms with Crippen molar-refractivity contribution in [1.29, 1.82) is 0 Å². The number of nitrogens with two attached hydrogens (primary N) is 1. The summed E-state index contributed by atoms with van der Waals surface area (Å²) in [5.41, 5.74) is 6.49. The highest BCUT2D eigenvalue weighted by atomic mass is 31.2. The maximum absolute atomic E-state index is 14.4. The molecule has 0 amide bonds. The van der Waals surface area contributed by atoms with Gasteiger partial charge in [-0.15, -0.1) is 0 Å². The highest BCUT2D eigenvalue weighted by Crippen LogP contribution is 2.44. The molecule has 2 N–H and O–H groups in total. The zero-order valence-corrected chi connectivity index (χ0v) is 16.7. The van der Waals surface area contributed by atoms with Gasteiger partial charge in [0.2, 0.25) is 0 Å². The molecule has 0 aromatic carbocycles. The number of imidazole rings is 1. The number of ether oxygens (including phenoxy) is 2. The minimum absolute atomic E-state index is 0.0400. The van der Waals surface area contributed by atoms with Gasteiger partial charge in [-0.3, -0.25) is 4.57 Å². The average Bonchev–Trinajstić information content (AvgIpc) is 3.25. The Labute approximate surface area is 160 Å². The Hall–Kier alpha value is -2.23. The Morgan fingerprint density at radius 3 is 2.79 bits per heavy atom. The van der Waals surface area contributed by atoms with Gasteiger partial charge in [0.25, 0.3) is 0 Å². The van der Waals surface area contributed by atoms with Crippen LogP contribution in [0.1, 0.15) is 26.5 Å². The third-order valence-corrected chi connectivity index (χ3v) is 6.43. The van der Waals surface area contributed by atoms with Gasteiger partial charge in [0.1, 0.15) is 25.3 Å². The molecule has 2 aromatic rings. The quantitative estimate of drug-likeness (QED) is 0.675. The lowest BCUT2D eigenvalue weighted by molar-refractivity contribution is -0.128. The van der Waals surface area contributed by atoms with E-state index in [0.29, 0.717) is 23.2 Å². The van der Waals surface area contributed by atoms with Gasteiger partial charge in [-0.1, -0.05) is 20.3 Å². The summed E-state index contributed by atoms with van der Waals surface area (Å²) < 4.78 is 39.6. The summed E-state index contributed by atoms with van der Waals surface area (Å²) in [6, 6.07) is 0. The van der Waals surface area contributed by atoms with Crippen LogP contribution in [0.25, 0.3) is 11.2 Å². The van der Waals surface area contributed by atoms with Crippen LogP contribution < -0.4 is 5.73 Å². The van der Waals surface area contributed by atoms with Crippen molar-refractivity contribution in [3.05, 3.63) is 34.5 Å². The van der Waals surface area contributed by atoms with E-state index >= 15 is 0 Å². The van der Waals surface area contributed by atoms with Crippen LogP contribution >= 0.6 is 7.14 Å². The van der Waals surface area contributed by atoms with E-state index < -0.39 is 25.5 Å². The summed E-state index contributed by atoms with van der Waals surface area (Å²) in [5, 5.41) is 0. The van der Waals surface area contributed by atoms with Crippen molar-refractivity contribution < 1.29 is 18.4 Å². The predicted octanol–water partition coefficient (Wildman–Crippen LogP) is 3.20. The van der Waals surface area contributed by atoms with Crippen LogP contribution in [-0.2, 0) is 14.0 Å². The first-order chi connectivity index (χ1) is 13.3. The van der Waals surface area contributed by atoms with E-state index in [1.165, 1.54) is 23.3 Å². The highest BCUT2D eigenvalue weighted by Gasteiger charge is 2.32. The highest BCUT2D eigenvalue weighted by molar-refractivity contribution is 7.62. The Kier molecular flexibility index (Phi) is 7.34. The third-order valence-electron chi connectivity index (χ3n) is 4.34. The van der Waals surface area contributed by atoms with Gasteiger partial charge in [0.05, 0.1) is 6.33 Å². The van der Waals surface area contributed by atoms with E-state index in [9.17, 15) is 8.96 Å². The molecule has 0 aliphatic carbocycles. The smallest absolute Gasteiger partial charge is 0.192 e. The summed E-state index contributed by atoms with van der Waals surface area (Å²) in [4.78, 5) is 26.0. The topological polar surface area (TPSA) is 139 Å². The molecule has 10 nitrogen and oxygen atoms in total. The molecule has 1 aliphatic rings. The normalized spacial score (nSPS) is 22.2. The second-order valence-electron chi connectivity index (χ2n) is 6.78. The average molecular weight is 415 g/mol. The third kappa shape index (κ3) is 4.98. The molecule has 2 unspecified atom stereocenters. The zero-order valence-electron chi connectivity index (χ0n) is 15.8. The molecule has 0 spiro atoms. The number of nitrogen functional groups attached to an aromatic ring is 1. The lowest BCUT2D eigenvalue weighted by atomic mass is 10.2. The fourth-order valence-electron chi connectivity index (χ4n) is 2.84. The molecule has 3 rings (SSSR count). The van der Waals surface area contributed by atoms with E-state index in [-0.39, 0.29) is 12.2 Å². The Morgan fingerprint density at radius 1 is 1.39 bits per heavy atom. The van der Waals surface area contributed by atoms with Gasteiger partial charge >= 0.3 is 0 Å². The first-order valence-electron chi connectivity index (χ1n) is 8.60. The number of hydrogen-bond donors (Lipinski definition) is 1. The molecule has 0 saturated carbocycles. The van der Waals surface area contributed by atoms with Gasteiger partial charge in [0, 0.05) is 22.2 Å². The van der Waals surface area contributed by atoms with E-state index in [1.807, 2.05) is 0 Å². The zero-order chi connectivity index (χ0) is 20.9. The molecule has 0 saturated heterocycles. The number of halogens is 1. The summed E-state index contributed by atoms with van der Waals surface area (Å²) in [6.45, 7) is 5.81. The lowest BCUT2D eigenvalue weighted by Crippen LogP contribution is -2.17. The number of anilines is 1. The fourth-order valence-corrected chi connectivity index (χ4v) is 4.99. The molecule has 3 heterocycles. The van der Waals surface area contributed by atoms with Crippen molar-refractivity contribution >= 4 is 24.1 Å². The maximum atomic E-state index is 14.4. The summed E-state index contributed by atoms with van der Waals surface area (Å²) in [7, 11) is -2.47. The van der Waals surface area contributed by atoms with E-state index in [2.05, 4.69) is 28.8 Å². The van der Waals surface area contributed by atoms with Crippen LogP contribution in [-0.4, -0.2) is 45.0 Å². The van der Waals surface area contributed by atoms with E-state index in [0.717, 1.165) is 6.42 Å². The van der Waals surface area contributed by atoms with Crippen LogP contribution in [0.2, 0.25) is 0 Å². The molecule has 0 radical (unpaired) electrons. The molecule has 0 bridgehead atoms. The molecule has 4 atom stereocenters. The van der Waals surface area contributed by atoms with Crippen LogP contribution in [0.15, 0.2) is 24.6 Å². The fraction of sp³-hybridized carbons (Fsp3) is 0.562. The summed E-state index contributed by atoms with van der Waals surface area (Å²) in [5.74, 6) is 0.0293. The number of rotatable bonds is 7. The van der Waals surface area contributed by atoms with Crippen LogP contribution in [0.3, 0.4) is 0 Å². The Morgan fingerprint density at radius 2 is 2.11 bits per heavy atom. The Balaban J connectivity index is 0.00000136. The van der Waals surface area contributed by atoms with Crippen LogP contribution in [0.4, 0.5) is 10.2 Å². The van der Waals surface area contributed by atoms with Crippen molar-refractivity contribution in [2.24, 2.45) is 5.92 Å². The van der Waals surface area contributed by atoms with Crippen molar-refractivity contribution in [1.82, 2.24) is 19.5 Å². The van der Waals surface area contributed by atoms with Gasteiger partial charge in [-0.2, -0.15) is 0 Å². The summed E-state index contributed by atoms with van der Waals surface area (Å²) in [6.07, 6.45) is 3.52. The molecule has 2 aromatic heterocycles. The number of nitrogens with zero attached hydrogens (tertiary/aromatic N) is 4.